The summed E-state index contributed by atoms with van der Waals surface area (Å²) in [4.78, 5) is 14.1. The third kappa shape index (κ3) is 6.59. The molecule has 12 nitrogen and oxygen atoms in total. The molecule has 0 amide bonds. The summed E-state index contributed by atoms with van der Waals surface area (Å²) in [5.41, 5.74) is 8.01. The lowest BCUT2D eigenvalue weighted by Crippen LogP contribution is -2.61. The van der Waals surface area contributed by atoms with Crippen LogP contribution < -0.4 is 5.73 Å². The molecule has 0 aromatic heterocycles. The molecule has 10 saturated heterocycles. The van der Waals surface area contributed by atoms with Gasteiger partial charge in [0.05, 0.1) is 67.1 Å². The van der Waals surface area contributed by atoms with E-state index >= 15 is 0 Å². The van der Waals surface area contributed by atoms with Crippen molar-refractivity contribution in [2.75, 3.05) is 13.7 Å². The second kappa shape index (κ2) is 14.3. The Labute approximate surface area is 307 Å². The number of ether oxygens (including phenoxy) is 9. The van der Waals surface area contributed by atoms with E-state index in [4.69, 9.17) is 48.4 Å². The minimum absolute atomic E-state index is 0.0158. The first-order chi connectivity index (χ1) is 25.1. The van der Waals surface area contributed by atoms with Crippen molar-refractivity contribution < 1.29 is 52.5 Å². The van der Waals surface area contributed by atoms with Crippen LogP contribution in [0.25, 0.3) is 0 Å². The standard InChI is InChI=1S/C40H59NO11/c1-19-11-24-5-7-28-20(2)12-26(45-28)9-10-40-17-33-36(51-40)37-38(50-33)39(52-40)35-29(49-37)8-6-25(47-35)13-22(42)14-27-31(16-30(46-24)21(19)3)48-32(34(27)44-4)15-23(43)18-41/h19,23-39,43H,2-3,5-18,41H2,1,4H3/t19-,23+,24+,25?,26+,27+,28?,29+,30?,31+,32-,33?,34-,35+,36+,37+,38-,39+,40?/m1/s1. The average molecular weight is 730 g/mol. The first kappa shape index (κ1) is 36.4. The number of hydrogen-bond donors (Lipinski definition) is 2. The maximum Gasteiger partial charge on any atom is 0.172 e. The topological polar surface area (TPSA) is 146 Å². The zero-order chi connectivity index (χ0) is 35.9. The summed E-state index contributed by atoms with van der Waals surface area (Å²) in [5, 5.41) is 10.5. The van der Waals surface area contributed by atoms with Gasteiger partial charge in [0.2, 0.25) is 0 Å². The normalized spacial score (nSPS) is 52.4. The van der Waals surface area contributed by atoms with Gasteiger partial charge in [0.25, 0.3) is 0 Å². The number of methoxy groups -OCH3 is 1. The number of carbonyl (C=O) groups is 1. The highest BCUT2D eigenvalue weighted by atomic mass is 16.8. The van der Waals surface area contributed by atoms with E-state index in [0.29, 0.717) is 25.7 Å². The molecule has 0 aromatic rings. The monoisotopic (exact) mass is 729 g/mol. The van der Waals surface area contributed by atoms with Gasteiger partial charge in [-0.2, -0.15) is 0 Å². The molecule has 0 radical (unpaired) electrons. The minimum atomic E-state index is -0.780. The first-order valence-corrected chi connectivity index (χ1v) is 20.2. The lowest BCUT2D eigenvalue weighted by atomic mass is 9.81. The predicted octanol–water partition coefficient (Wildman–Crippen LogP) is 3.44. The number of aliphatic hydroxyl groups is 1. The second-order valence-corrected chi connectivity index (χ2v) is 17.4. The van der Waals surface area contributed by atoms with Crippen LogP contribution in [0, 0.1) is 11.8 Å². The van der Waals surface area contributed by atoms with E-state index in [2.05, 4.69) is 20.1 Å². The van der Waals surface area contributed by atoms with Crippen molar-refractivity contribution in [3.8, 4) is 0 Å². The molecule has 10 heterocycles. The van der Waals surface area contributed by atoms with E-state index in [-0.39, 0.29) is 122 Å². The summed E-state index contributed by atoms with van der Waals surface area (Å²) in [7, 11) is 1.66. The molecule has 12 bridgehead atoms. The van der Waals surface area contributed by atoms with Crippen LogP contribution in [0.3, 0.4) is 0 Å². The number of rotatable bonds is 4. The molecule has 10 aliphatic rings. The molecule has 10 aliphatic heterocycles. The van der Waals surface area contributed by atoms with Crippen molar-refractivity contribution in [1.29, 1.82) is 0 Å². The molecule has 0 aromatic carbocycles. The van der Waals surface area contributed by atoms with Crippen LogP contribution in [-0.4, -0.2) is 128 Å². The average Bonchev–Trinajstić information content (AvgIpc) is 3.79. The van der Waals surface area contributed by atoms with Crippen LogP contribution in [0.4, 0.5) is 0 Å². The summed E-state index contributed by atoms with van der Waals surface area (Å²) in [6.45, 7) is 11.3. The minimum Gasteiger partial charge on any atom is -0.392 e. The Bertz CT molecular complexity index is 1380. The molecule has 3 N–H and O–H groups in total. The van der Waals surface area contributed by atoms with Crippen molar-refractivity contribution in [2.24, 2.45) is 17.6 Å². The van der Waals surface area contributed by atoms with E-state index in [1.54, 1.807) is 7.11 Å². The van der Waals surface area contributed by atoms with Crippen molar-refractivity contribution in [3.05, 3.63) is 24.3 Å². The Morgan fingerprint density at radius 2 is 1.56 bits per heavy atom. The van der Waals surface area contributed by atoms with Crippen molar-refractivity contribution in [1.82, 2.24) is 0 Å². The summed E-state index contributed by atoms with van der Waals surface area (Å²) in [6.07, 6.45) is 4.85. The number of carbonyl (C=O) groups excluding carboxylic acids is 1. The van der Waals surface area contributed by atoms with Crippen molar-refractivity contribution in [3.63, 3.8) is 0 Å². The molecule has 10 rings (SSSR count). The fraction of sp³-hybridized carbons (Fsp3) is 0.875. The second-order valence-electron chi connectivity index (χ2n) is 17.4. The van der Waals surface area contributed by atoms with E-state index in [1.807, 2.05) is 0 Å². The fourth-order valence-electron chi connectivity index (χ4n) is 11.3. The molecule has 12 heteroatoms. The van der Waals surface area contributed by atoms with Gasteiger partial charge >= 0.3 is 0 Å². The Kier molecular flexibility index (Phi) is 10.0. The fourth-order valence-corrected chi connectivity index (χ4v) is 11.3. The number of aliphatic hydroxyl groups excluding tert-OH is 1. The number of hydrogen-bond acceptors (Lipinski definition) is 12. The van der Waals surface area contributed by atoms with Crippen LogP contribution >= 0.6 is 0 Å². The highest BCUT2D eigenvalue weighted by Crippen LogP contribution is 2.54. The van der Waals surface area contributed by atoms with Crippen LogP contribution in [0.2, 0.25) is 0 Å². The van der Waals surface area contributed by atoms with E-state index < -0.39 is 18.0 Å². The maximum atomic E-state index is 14.1. The van der Waals surface area contributed by atoms with Crippen LogP contribution in [0.15, 0.2) is 24.3 Å². The van der Waals surface area contributed by atoms with Gasteiger partial charge in [-0.25, -0.2) is 0 Å². The lowest BCUT2D eigenvalue weighted by molar-refractivity contribution is -0.292. The smallest absolute Gasteiger partial charge is 0.172 e. The van der Waals surface area contributed by atoms with Crippen molar-refractivity contribution >= 4 is 5.78 Å². The Balaban J connectivity index is 0.994. The first-order valence-electron chi connectivity index (χ1n) is 20.2. The molecule has 0 aliphatic carbocycles. The third-order valence-corrected chi connectivity index (χ3v) is 14.0. The van der Waals surface area contributed by atoms with Gasteiger partial charge in [0.15, 0.2) is 5.79 Å². The summed E-state index contributed by atoms with van der Waals surface area (Å²) >= 11 is 0. The molecule has 5 unspecified atom stereocenters. The van der Waals surface area contributed by atoms with E-state index in [0.717, 1.165) is 56.1 Å². The van der Waals surface area contributed by atoms with Gasteiger partial charge in [-0.1, -0.05) is 20.1 Å². The highest BCUT2D eigenvalue weighted by molar-refractivity contribution is 5.79. The summed E-state index contributed by atoms with van der Waals surface area (Å²) in [6, 6.07) is 0. The largest absolute Gasteiger partial charge is 0.392 e. The molecule has 52 heavy (non-hydrogen) atoms. The van der Waals surface area contributed by atoms with Gasteiger partial charge in [-0.05, 0) is 62.0 Å². The summed E-state index contributed by atoms with van der Waals surface area (Å²) < 4.78 is 60.0. The SMILES string of the molecule is C=C1C[C@@H]2CCC34CC5O[C@H]6[C@@H](O3)[C@H]3OC(CC[C@@H]3O[C@H]6[C@H]5O4)CC(=O)C[C@@H]3[C@@H](OC)[C@@H](C[C@H](O)CN)O[C@H]3CC3O[C@@H](CCC1O2)C[C@@H](C)C3=C. The van der Waals surface area contributed by atoms with E-state index in [1.165, 1.54) is 0 Å². The number of fused-ring (bicyclic) bond motifs is 6. The third-order valence-electron chi connectivity index (χ3n) is 14.0. The molecule has 290 valence electrons. The maximum absolute atomic E-state index is 14.1. The van der Waals surface area contributed by atoms with Crippen molar-refractivity contribution in [2.45, 2.75) is 194 Å². The van der Waals surface area contributed by atoms with Crippen LogP contribution in [0.1, 0.15) is 90.4 Å². The molecule has 19 atom stereocenters. The highest BCUT2D eigenvalue weighted by Gasteiger charge is 2.68. The Morgan fingerprint density at radius 3 is 2.38 bits per heavy atom. The van der Waals surface area contributed by atoms with Gasteiger partial charge in [-0.3, -0.25) is 4.79 Å². The number of Topliss-reactive ketones (excluding diaryl/α,β-unsaturated/α-hetero) is 1. The number of ketones is 1. The van der Waals surface area contributed by atoms with Gasteiger partial charge in [-0.15, -0.1) is 0 Å². The quantitative estimate of drug-likeness (QED) is 0.409. The van der Waals surface area contributed by atoms with Crippen LogP contribution in [0.5, 0.6) is 0 Å². The molecular formula is C40H59NO11. The molecular weight excluding hydrogens is 670 g/mol. The number of nitrogens with two attached hydrogens (primary N) is 1. The van der Waals surface area contributed by atoms with E-state index in [9.17, 15) is 9.90 Å². The zero-order valence-corrected chi connectivity index (χ0v) is 30.8. The Hall–Kier alpha value is -1.29. The Morgan fingerprint density at radius 1 is 0.808 bits per heavy atom. The van der Waals surface area contributed by atoms with Crippen LogP contribution in [-0.2, 0) is 47.4 Å². The summed E-state index contributed by atoms with van der Waals surface area (Å²) in [5.74, 6) is -0.619. The van der Waals surface area contributed by atoms with Gasteiger partial charge in [0.1, 0.15) is 36.3 Å². The van der Waals surface area contributed by atoms with Gasteiger partial charge in [0, 0.05) is 58.1 Å². The molecule has 10 fully saturated rings. The molecule has 1 spiro atoms. The molecule has 0 saturated carbocycles. The van der Waals surface area contributed by atoms with Gasteiger partial charge < -0.3 is 53.5 Å². The zero-order valence-electron chi connectivity index (χ0n) is 30.8. The lowest BCUT2D eigenvalue weighted by Gasteiger charge is -2.47. The predicted molar refractivity (Wildman–Crippen MR) is 186 cm³/mol.